The van der Waals surface area contributed by atoms with Crippen LogP contribution >= 0.6 is 0 Å². The van der Waals surface area contributed by atoms with Crippen LogP contribution in [0.15, 0.2) is 194 Å². The Morgan fingerprint density at radius 1 is 0.261 bits per heavy atom. The fourth-order valence-corrected chi connectivity index (χ4v) is 14.1. The minimum atomic E-state index is -0.448. The molecule has 0 amide bonds. The molecule has 0 heteroatoms. The second kappa shape index (κ2) is 15.4. The summed E-state index contributed by atoms with van der Waals surface area (Å²) in [5.41, 5.74) is 26.5. The first-order valence-electron chi connectivity index (χ1n) is 25.1. The van der Waals surface area contributed by atoms with Gasteiger partial charge in [0.05, 0.1) is 0 Å². The van der Waals surface area contributed by atoms with E-state index in [9.17, 15) is 0 Å². The smallest absolute Gasteiger partial charge is 0.0267 e. The van der Waals surface area contributed by atoms with Crippen molar-refractivity contribution >= 4 is 21.5 Å². The van der Waals surface area contributed by atoms with Gasteiger partial charge in [-0.3, -0.25) is 0 Å². The first kappa shape index (κ1) is 41.9. The van der Waals surface area contributed by atoms with Gasteiger partial charge >= 0.3 is 0 Å². The first-order chi connectivity index (χ1) is 33.5. The molecule has 0 N–H and O–H groups in total. The van der Waals surface area contributed by atoms with Gasteiger partial charge in [0.25, 0.3) is 0 Å². The van der Waals surface area contributed by atoms with Gasteiger partial charge in [0.2, 0.25) is 0 Å². The van der Waals surface area contributed by atoms with Gasteiger partial charge in [-0.15, -0.1) is 0 Å². The van der Waals surface area contributed by atoms with Crippen molar-refractivity contribution in [3.63, 3.8) is 0 Å². The van der Waals surface area contributed by atoms with Gasteiger partial charge in [-0.05, 0) is 167 Å². The van der Waals surface area contributed by atoms with E-state index in [1.54, 1.807) is 0 Å². The molecule has 0 spiro atoms. The van der Waals surface area contributed by atoms with E-state index < -0.39 is 16.2 Å². The summed E-state index contributed by atoms with van der Waals surface area (Å²) in [6.45, 7) is 13.8. The van der Waals surface area contributed by atoms with E-state index in [0.717, 1.165) is 25.7 Å². The summed E-state index contributed by atoms with van der Waals surface area (Å²) in [6, 6.07) is 76.5. The van der Waals surface area contributed by atoms with Crippen LogP contribution < -0.4 is 0 Å². The zero-order valence-corrected chi connectivity index (χ0v) is 40.8. The Bertz CT molecular complexity index is 3400. The van der Waals surface area contributed by atoms with Crippen LogP contribution in [0.4, 0.5) is 0 Å². The molecule has 0 bridgehead atoms. The van der Waals surface area contributed by atoms with Crippen molar-refractivity contribution in [2.45, 2.75) is 83.5 Å². The molecule has 0 unspecified atom stereocenters. The summed E-state index contributed by atoms with van der Waals surface area (Å²) < 4.78 is 0. The van der Waals surface area contributed by atoms with Crippen LogP contribution in [0.5, 0.6) is 0 Å². The summed E-state index contributed by atoms with van der Waals surface area (Å²) in [7, 11) is 0. The number of hydrogen-bond acceptors (Lipinski definition) is 0. The topological polar surface area (TPSA) is 0 Å². The Morgan fingerprint density at radius 2 is 0.522 bits per heavy atom. The van der Waals surface area contributed by atoms with Crippen LogP contribution in [0, 0.1) is 41.5 Å². The van der Waals surface area contributed by atoms with Crippen molar-refractivity contribution < 1.29 is 0 Å². The van der Waals surface area contributed by atoms with Crippen LogP contribution in [0.25, 0.3) is 54.9 Å². The monoisotopic (exact) mass is 886 g/mol. The van der Waals surface area contributed by atoms with Gasteiger partial charge in [0.15, 0.2) is 0 Å². The normalized spacial score (nSPS) is 15.1. The average molecular weight is 887 g/mol. The van der Waals surface area contributed by atoms with Crippen molar-refractivity contribution in [3.8, 4) is 33.4 Å². The molecule has 10 aromatic carbocycles. The Hall–Kier alpha value is -7.28. The van der Waals surface area contributed by atoms with Gasteiger partial charge in [-0.1, -0.05) is 228 Å². The van der Waals surface area contributed by atoms with E-state index in [1.807, 2.05) is 0 Å². The minimum absolute atomic E-state index is 0.399. The van der Waals surface area contributed by atoms with E-state index in [0.29, 0.717) is 0 Å². The highest BCUT2D eigenvalue weighted by Gasteiger charge is 2.58. The Labute approximate surface area is 408 Å². The van der Waals surface area contributed by atoms with Crippen molar-refractivity contribution in [1.29, 1.82) is 0 Å². The highest BCUT2D eigenvalue weighted by molar-refractivity contribution is 5.91. The predicted molar refractivity (Wildman–Crippen MR) is 291 cm³/mol. The third kappa shape index (κ3) is 6.27. The van der Waals surface area contributed by atoms with Crippen LogP contribution in [0.2, 0.25) is 0 Å². The lowest BCUT2D eigenvalue weighted by Gasteiger charge is -2.48. The van der Waals surface area contributed by atoms with Gasteiger partial charge in [0, 0.05) is 16.2 Å². The number of fused-ring (bicyclic) bond motifs is 11. The minimum Gasteiger partial charge on any atom is -0.0616 e. The zero-order valence-electron chi connectivity index (χ0n) is 40.8. The Balaban J connectivity index is 1.18. The maximum Gasteiger partial charge on any atom is 0.0267 e. The molecule has 10 aromatic rings. The lowest BCUT2D eigenvalue weighted by molar-refractivity contribution is 0.286. The third-order valence-electron chi connectivity index (χ3n) is 17.0. The van der Waals surface area contributed by atoms with Gasteiger partial charge in [-0.2, -0.15) is 0 Å². The fraction of sp³-hybridized carbons (Fsp3) is 0.188. The van der Waals surface area contributed by atoms with Crippen LogP contribution in [0.1, 0.15) is 90.7 Å². The molecule has 0 heterocycles. The number of aryl methyl sites for hydroxylation is 6. The van der Waals surface area contributed by atoms with Gasteiger partial charge < -0.3 is 0 Å². The summed E-state index contributed by atoms with van der Waals surface area (Å²) in [5.74, 6) is 0. The zero-order chi connectivity index (χ0) is 46.8. The van der Waals surface area contributed by atoms with Crippen LogP contribution in [0.3, 0.4) is 0 Å². The lowest BCUT2D eigenvalue weighted by Crippen LogP contribution is -2.45. The molecule has 334 valence electrons. The number of rotatable bonds is 8. The molecule has 0 radical (unpaired) electrons. The van der Waals surface area contributed by atoms with Crippen LogP contribution in [-0.2, 0) is 29.1 Å². The third-order valence-corrected chi connectivity index (χ3v) is 17.0. The van der Waals surface area contributed by atoms with Crippen molar-refractivity contribution in [2.24, 2.45) is 0 Å². The van der Waals surface area contributed by atoms with E-state index in [-0.39, 0.29) is 0 Å². The van der Waals surface area contributed by atoms with E-state index in [4.69, 9.17) is 0 Å². The standard InChI is InChI=1S/C69H58/c1-43-21-27-55-56-28-22-44(2)34-62(56)67(61(55)33-43,39-51-17-11-15-49-13-7-9-19-53(49)51)41-69(65-37-47(5)25-31-59(65)60-32-26-48(6)38-66(60)69)42-68(40-52-18-12-16-50-14-8-10-20-54(50)52)63-35-45(3)23-29-57(63)58-30-24-46(4)36-64(58)68/h7-38H,39-42H2,1-6H3. The summed E-state index contributed by atoms with van der Waals surface area (Å²) in [6.07, 6.45) is 3.57. The van der Waals surface area contributed by atoms with Crippen molar-refractivity contribution in [2.75, 3.05) is 0 Å². The molecule has 0 fully saturated rings. The average Bonchev–Trinajstić information content (AvgIpc) is 3.85. The molecule has 3 aliphatic rings. The highest BCUT2D eigenvalue weighted by atomic mass is 14.6. The molecule has 0 aliphatic heterocycles. The molecule has 3 aliphatic carbocycles. The molecule has 0 atom stereocenters. The Kier molecular flexibility index (Phi) is 9.32. The fourth-order valence-electron chi connectivity index (χ4n) is 14.1. The van der Waals surface area contributed by atoms with Crippen LogP contribution in [-0.4, -0.2) is 0 Å². The van der Waals surface area contributed by atoms with Gasteiger partial charge in [0.1, 0.15) is 0 Å². The number of hydrogen-bond donors (Lipinski definition) is 0. The number of benzene rings is 10. The van der Waals surface area contributed by atoms with E-state index in [2.05, 4.69) is 236 Å². The quantitative estimate of drug-likeness (QED) is 0.143. The second-order valence-electron chi connectivity index (χ2n) is 21.5. The summed E-state index contributed by atoms with van der Waals surface area (Å²) in [4.78, 5) is 0. The predicted octanol–water partition coefficient (Wildman–Crippen LogP) is 17.3. The van der Waals surface area contributed by atoms with E-state index in [1.165, 1.54) is 133 Å². The SMILES string of the molecule is Cc1ccc2c(c1)C(Cc1cccc3ccccc13)(CC1(CC3(Cc4cccc5ccccc45)c4cc(C)ccc4-c4ccc(C)cc43)c3cc(C)ccc3-c3ccc(C)cc31)c1cc(C)ccc1-2. The molecular weight excluding hydrogens is 829 g/mol. The lowest BCUT2D eigenvalue weighted by atomic mass is 9.54. The molecule has 0 aromatic heterocycles. The van der Waals surface area contributed by atoms with Crippen molar-refractivity contribution in [1.82, 2.24) is 0 Å². The Morgan fingerprint density at radius 3 is 0.826 bits per heavy atom. The summed E-state index contributed by atoms with van der Waals surface area (Å²) >= 11 is 0. The molecule has 0 saturated carbocycles. The first-order valence-corrected chi connectivity index (χ1v) is 25.1. The maximum absolute atomic E-state index is 2.61. The summed E-state index contributed by atoms with van der Waals surface area (Å²) in [5, 5.41) is 5.29. The highest BCUT2D eigenvalue weighted by Crippen LogP contribution is 2.66. The van der Waals surface area contributed by atoms with E-state index >= 15 is 0 Å². The van der Waals surface area contributed by atoms with Crippen molar-refractivity contribution in [3.05, 3.63) is 272 Å². The molecule has 69 heavy (non-hydrogen) atoms. The largest absolute Gasteiger partial charge is 0.0616 e. The molecule has 0 saturated heterocycles. The van der Waals surface area contributed by atoms with Gasteiger partial charge in [-0.25, -0.2) is 0 Å². The molecular formula is C69H58. The molecule has 0 nitrogen and oxygen atoms in total. The molecule has 13 rings (SSSR count). The maximum atomic E-state index is 2.61. The second-order valence-corrected chi connectivity index (χ2v) is 21.5.